The van der Waals surface area contributed by atoms with E-state index in [1.54, 1.807) is 4.90 Å². The molecule has 2 atom stereocenters. The van der Waals surface area contributed by atoms with Crippen LogP contribution in [0.25, 0.3) is 0 Å². The van der Waals surface area contributed by atoms with E-state index in [4.69, 9.17) is 0 Å². The van der Waals surface area contributed by atoms with Crippen molar-refractivity contribution in [1.29, 1.82) is 0 Å². The van der Waals surface area contributed by atoms with Crippen LogP contribution in [-0.4, -0.2) is 34.4 Å². The maximum Gasteiger partial charge on any atom is 0.256 e. The molecule has 0 radical (unpaired) electrons. The summed E-state index contributed by atoms with van der Waals surface area (Å²) in [5.74, 6) is -0.417. The summed E-state index contributed by atoms with van der Waals surface area (Å²) >= 11 is 0. The number of likely N-dealkylation sites (tertiary alicyclic amines) is 1. The van der Waals surface area contributed by atoms with Gasteiger partial charge < -0.3 is 14.8 Å². The van der Waals surface area contributed by atoms with Crippen LogP contribution in [0.4, 0.5) is 10.1 Å². The number of carbonyl (C=O) groups excluding carboxylic acids is 2. The van der Waals surface area contributed by atoms with E-state index in [0.29, 0.717) is 30.7 Å². The first-order valence-corrected chi connectivity index (χ1v) is 9.55. The summed E-state index contributed by atoms with van der Waals surface area (Å²) in [6.45, 7) is 3.26. The van der Waals surface area contributed by atoms with Gasteiger partial charge in [-0.1, -0.05) is 6.92 Å². The van der Waals surface area contributed by atoms with Gasteiger partial charge in [0.05, 0.1) is 11.3 Å². The molecule has 142 valence electrons. The monoisotopic (exact) mass is 369 g/mol. The van der Waals surface area contributed by atoms with Crippen LogP contribution in [0.3, 0.4) is 0 Å². The second kappa shape index (κ2) is 7.18. The minimum atomic E-state index is -0.474. The standard InChI is InChI=1S/C21H24FN3O2/c1-14-12-17(14)20(26)23-19-5-4-15(22)13-18(19)21(27)25-10-6-16(7-11-25)24-8-2-3-9-24/h2-5,8-9,13-14,16-17H,6-7,10-12H2,1H3,(H,23,26). The van der Waals surface area contributed by atoms with Crippen LogP contribution in [0.1, 0.15) is 42.6 Å². The van der Waals surface area contributed by atoms with Crippen molar-refractivity contribution in [3.8, 4) is 0 Å². The molecule has 0 spiro atoms. The second-order valence-electron chi connectivity index (χ2n) is 7.65. The molecule has 1 saturated heterocycles. The van der Waals surface area contributed by atoms with E-state index in [1.165, 1.54) is 18.2 Å². The molecule has 1 aromatic carbocycles. The second-order valence-corrected chi connectivity index (χ2v) is 7.65. The number of aromatic nitrogens is 1. The van der Waals surface area contributed by atoms with Gasteiger partial charge in [-0.3, -0.25) is 9.59 Å². The Balaban J connectivity index is 1.46. The Morgan fingerprint density at radius 3 is 2.44 bits per heavy atom. The number of rotatable bonds is 4. The number of carbonyl (C=O) groups is 2. The normalized spacial score (nSPS) is 22.5. The molecular weight excluding hydrogens is 345 g/mol. The van der Waals surface area contributed by atoms with Gasteiger partial charge in [0.25, 0.3) is 5.91 Å². The SMILES string of the molecule is CC1CC1C(=O)Nc1ccc(F)cc1C(=O)N1CCC(n2cccc2)CC1. The molecule has 2 aliphatic rings. The van der Waals surface area contributed by atoms with Gasteiger partial charge in [-0.15, -0.1) is 0 Å². The van der Waals surface area contributed by atoms with E-state index < -0.39 is 5.82 Å². The molecule has 2 amide bonds. The van der Waals surface area contributed by atoms with Crippen molar-refractivity contribution in [3.63, 3.8) is 0 Å². The summed E-state index contributed by atoms with van der Waals surface area (Å²) in [5, 5.41) is 2.82. The Kier molecular flexibility index (Phi) is 4.72. The van der Waals surface area contributed by atoms with Gasteiger partial charge in [0.15, 0.2) is 0 Å². The largest absolute Gasteiger partial charge is 0.351 e. The topological polar surface area (TPSA) is 54.3 Å². The first-order chi connectivity index (χ1) is 13.0. The molecule has 2 fully saturated rings. The number of amides is 2. The molecule has 1 aliphatic heterocycles. The van der Waals surface area contributed by atoms with Crippen molar-refractivity contribution in [2.24, 2.45) is 11.8 Å². The van der Waals surface area contributed by atoms with Gasteiger partial charge in [0.1, 0.15) is 5.82 Å². The van der Waals surface area contributed by atoms with Crippen molar-refractivity contribution in [2.45, 2.75) is 32.2 Å². The summed E-state index contributed by atoms with van der Waals surface area (Å²) in [5.41, 5.74) is 0.633. The van der Waals surface area contributed by atoms with Gasteiger partial charge in [0, 0.05) is 37.4 Å². The predicted octanol–water partition coefficient (Wildman–Crippen LogP) is 3.70. The highest BCUT2D eigenvalue weighted by atomic mass is 19.1. The first-order valence-electron chi connectivity index (χ1n) is 9.55. The molecule has 1 aliphatic carbocycles. The fourth-order valence-corrected chi connectivity index (χ4v) is 3.84. The van der Waals surface area contributed by atoms with Crippen LogP contribution in [0.5, 0.6) is 0 Å². The number of hydrogen-bond donors (Lipinski definition) is 1. The van der Waals surface area contributed by atoms with Crippen LogP contribution >= 0.6 is 0 Å². The number of hydrogen-bond acceptors (Lipinski definition) is 2. The fourth-order valence-electron chi connectivity index (χ4n) is 3.84. The molecule has 0 bridgehead atoms. The fraction of sp³-hybridized carbons (Fsp3) is 0.429. The van der Waals surface area contributed by atoms with Crippen LogP contribution < -0.4 is 5.32 Å². The van der Waals surface area contributed by atoms with Gasteiger partial charge in [-0.05, 0) is 55.5 Å². The number of halogens is 1. The summed E-state index contributed by atoms with van der Waals surface area (Å²) < 4.78 is 16.0. The van der Waals surface area contributed by atoms with Gasteiger partial charge in [-0.25, -0.2) is 4.39 Å². The molecule has 2 unspecified atom stereocenters. The van der Waals surface area contributed by atoms with E-state index >= 15 is 0 Å². The third-order valence-corrected chi connectivity index (χ3v) is 5.72. The van der Waals surface area contributed by atoms with Crippen LogP contribution in [0.15, 0.2) is 42.7 Å². The van der Waals surface area contributed by atoms with Gasteiger partial charge in [-0.2, -0.15) is 0 Å². The summed E-state index contributed by atoms with van der Waals surface area (Å²) in [6.07, 6.45) is 6.67. The third kappa shape index (κ3) is 3.75. The number of piperidine rings is 1. The van der Waals surface area contributed by atoms with E-state index in [1.807, 2.05) is 31.5 Å². The average Bonchev–Trinajstić information content (AvgIpc) is 3.18. The highest BCUT2D eigenvalue weighted by molar-refractivity contribution is 6.04. The van der Waals surface area contributed by atoms with Crippen LogP contribution in [0.2, 0.25) is 0 Å². The molecule has 27 heavy (non-hydrogen) atoms. The highest BCUT2D eigenvalue weighted by Crippen LogP contribution is 2.38. The summed E-state index contributed by atoms with van der Waals surface area (Å²) in [7, 11) is 0. The number of anilines is 1. The zero-order valence-corrected chi connectivity index (χ0v) is 15.4. The number of benzene rings is 1. The van der Waals surface area contributed by atoms with Crippen molar-refractivity contribution in [1.82, 2.24) is 9.47 Å². The molecular formula is C21H24FN3O2. The summed E-state index contributed by atoms with van der Waals surface area (Å²) in [6, 6.07) is 8.37. The number of nitrogens with one attached hydrogen (secondary N) is 1. The minimum absolute atomic E-state index is 0.00433. The lowest BCUT2D eigenvalue weighted by Gasteiger charge is -2.33. The number of nitrogens with zero attached hydrogens (tertiary/aromatic N) is 2. The molecule has 1 saturated carbocycles. The first kappa shape index (κ1) is 17.8. The third-order valence-electron chi connectivity index (χ3n) is 5.72. The lowest BCUT2D eigenvalue weighted by atomic mass is 10.0. The zero-order chi connectivity index (χ0) is 19.0. The Hall–Kier alpha value is -2.63. The maximum atomic E-state index is 13.8. The van der Waals surface area contributed by atoms with Crippen LogP contribution in [-0.2, 0) is 4.79 Å². The van der Waals surface area contributed by atoms with Crippen molar-refractivity contribution >= 4 is 17.5 Å². The lowest BCUT2D eigenvalue weighted by molar-refractivity contribution is -0.117. The van der Waals surface area contributed by atoms with Crippen molar-refractivity contribution in [3.05, 3.63) is 54.1 Å². The van der Waals surface area contributed by atoms with Gasteiger partial charge >= 0.3 is 0 Å². The molecule has 1 N–H and O–H groups in total. The van der Waals surface area contributed by atoms with Crippen molar-refractivity contribution < 1.29 is 14.0 Å². The molecule has 4 rings (SSSR count). The average molecular weight is 369 g/mol. The quantitative estimate of drug-likeness (QED) is 0.893. The molecule has 1 aromatic heterocycles. The lowest BCUT2D eigenvalue weighted by Crippen LogP contribution is -2.39. The van der Waals surface area contributed by atoms with E-state index in [-0.39, 0.29) is 23.3 Å². The highest BCUT2D eigenvalue weighted by Gasteiger charge is 2.39. The summed E-state index contributed by atoms with van der Waals surface area (Å²) in [4.78, 5) is 27.0. The molecule has 2 heterocycles. The van der Waals surface area contributed by atoms with E-state index in [9.17, 15) is 14.0 Å². The van der Waals surface area contributed by atoms with E-state index in [2.05, 4.69) is 9.88 Å². The minimum Gasteiger partial charge on any atom is -0.351 e. The van der Waals surface area contributed by atoms with E-state index in [0.717, 1.165) is 19.3 Å². The van der Waals surface area contributed by atoms with Gasteiger partial charge in [0.2, 0.25) is 5.91 Å². The molecule has 2 aromatic rings. The zero-order valence-electron chi connectivity index (χ0n) is 15.4. The van der Waals surface area contributed by atoms with Crippen LogP contribution in [0, 0.1) is 17.7 Å². The predicted molar refractivity (Wildman–Crippen MR) is 101 cm³/mol. The Labute approximate surface area is 158 Å². The maximum absolute atomic E-state index is 13.8. The Morgan fingerprint density at radius 1 is 1.15 bits per heavy atom. The Bertz CT molecular complexity index is 841. The Morgan fingerprint density at radius 2 is 1.81 bits per heavy atom. The molecule has 6 heteroatoms. The smallest absolute Gasteiger partial charge is 0.256 e. The molecule has 5 nitrogen and oxygen atoms in total. The van der Waals surface area contributed by atoms with Crippen molar-refractivity contribution in [2.75, 3.05) is 18.4 Å².